The van der Waals surface area contributed by atoms with E-state index in [0.717, 1.165) is 10.0 Å². The first-order chi connectivity index (χ1) is 14.9. The summed E-state index contributed by atoms with van der Waals surface area (Å²) in [5.41, 5.74) is 1.85. The van der Waals surface area contributed by atoms with Gasteiger partial charge >= 0.3 is 0 Å². The van der Waals surface area contributed by atoms with Crippen LogP contribution in [-0.4, -0.2) is 5.91 Å². The maximum Gasteiger partial charge on any atom is 0.266 e. The Bertz CT molecular complexity index is 1150. The summed E-state index contributed by atoms with van der Waals surface area (Å²) in [7, 11) is 0. The Balaban J connectivity index is 1.76. The van der Waals surface area contributed by atoms with E-state index in [4.69, 9.17) is 39.5 Å². The molecule has 3 rings (SSSR count). The van der Waals surface area contributed by atoms with Gasteiger partial charge in [0, 0.05) is 15.2 Å². The van der Waals surface area contributed by atoms with Gasteiger partial charge in [-0.05, 0) is 65.7 Å². The first-order valence-electron chi connectivity index (χ1n) is 8.90. The number of hydrogen-bond donors (Lipinski definition) is 1. The van der Waals surface area contributed by atoms with Crippen LogP contribution in [0.15, 0.2) is 70.7 Å². The fourth-order valence-corrected chi connectivity index (χ4v) is 3.59. The first-order valence-corrected chi connectivity index (χ1v) is 10.8. The number of rotatable bonds is 6. The number of halogens is 4. The van der Waals surface area contributed by atoms with Gasteiger partial charge in [0.05, 0.1) is 10.0 Å². The summed E-state index contributed by atoms with van der Waals surface area (Å²) in [5, 5.41) is 13.1. The fraction of sp³-hybridized carbons (Fsp3) is 0.0435. The number of nitriles is 1. The lowest BCUT2D eigenvalue weighted by Crippen LogP contribution is -2.13. The Labute approximate surface area is 203 Å². The molecular formula is C23H14BrCl3N2O2. The third kappa shape index (κ3) is 6.49. The van der Waals surface area contributed by atoms with Gasteiger partial charge in [-0.1, -0.05) is 62.9 Å². The smallest absolute Gasteiger partial charge is 0.266 e. The summed E-state index contributed by atoms with van der Waals surface area (Å²) in [6.45, 7) is 0.287. The predicted molar refractivity (Wildman–Crippen MR) is 129 cm³/mol. The van der Waals surface area contributed by atoms with Gasteiger partial charge in [0.2, 0.25) is 0 Å². The molecule has 0 spiro atoms. The molecule has 0 aliphatic carbocycles. The van der Waals surface area contributed by atoms with Crippen LogP contribution in [0, 0.1) is 11.3 Å². The van der Waals surface area contributed by atoms with Gasteiger partial charge in [0.15, 0.2) is 5.75 Å². The van der Waals surface area contributed by atoms with Crippen molar-refractivity contribution in [2.45, 2.75) is 6.61 Å². The van der Waals surface area contributed by atoms with Gasteiger partial charge in [0.25, 0.3) is 5.91 Å². The Morgan fingerprint density at radius 3 is 2.23 bits per heavy atom. The molecule has 0 atom stereocenters. The van der Waals surface area contributed by atoms with Crippen LogP contribution in [0.1, 0.15) is 11.1 Å². The van der Waals surface area contributed by atoms with E-state index in [9.17, 15) is 10.1 Å². The highest BCUT2D eigenvalue weighted by Gasteiger charge is 2.13. The summed E-state index contributed by atoms with van der Waals surface area (Å²) >= 11 is 21.9. The third-order valence-corrected chi connectivity index (χ3v) is 5.44. The standard InChI is InChI=1S/C23H14BrCl3N2O2/c24-17-3-1-14(2-4-17)13-31-22-20(26)10-15(11-21(22)27)9-16(12-28)23(30)29-19-7-5-18(25)6-8-19/h1-11H,13H2,(H,29,30)/b16-9-. The molecule has 8 heteroatoms. The number of ether oxygens (including phenoxy) is 1. The van der Waals surface area contributed by atoms with E-state index in [1.165, 1.54) is 6.08 Å². The predicted octanol–water partition coefficient (Wildman–Crippen LogP) is 7.53. The molecular weight excluding hydrogens is 523 g/mol. The van der Waals surface area contributed by atoms with E-state index in [1.807, 2.05) is 30.3 Å². The minimum Gasteiger partial charge on any atom is -0.486 e. The van der Waals surface area contributed by atoms with Crippen LogP contribution in [0.5, 0.6) is 5.75 Å². The third-order valence-electron chi connectivity index (χ3n) is 4.10. The van der Waals surface area contributed by atoms with Gasteiger partial charge in [-0.3, -0.25) is 4.79 Å². The van der Waals surface area contributed by atoms with Crippen LogP contribution < -0.4 is 10.1 Å². The van der Waals surface area contributed by atoms with Crippen LogP contribution in [0.25, 0.3) is 6.08 Å². The number of carbonyl (C=O) groups excluding carboxylic acids is 1. The summed E-state index contributed by atoms with van der Waals surface area (Å²) in [5.74, 6) is -0.236. The topological polar surface area (TPSA) is 62.1 Å². The molecule has 1 N–H and O–H groups in total. The molecule has 0 aliphatic rings. The van der Waals surface area contributed by atoms with E-state index in [-0.39, 0.29) is 22.2 Å². The zero-order valence-corrected chi connectivity index (χ0v) is 19.7. The fourth-order valence-electron chi connectivity index (χ4n) is 2.58. The number of amides is 1. The van der Waals surface area contributed by atoms with Crippen LogP contribution in [0.3, 0.4) is 0 Å². The number of hydrogen-bond acceptors (Lipinski definition) is 3. The molecule has 0 radical (unpaired) electrons. The second-order valence-corrected chi connectivity index (χ2v) is 8.53. The molecule has 156 valence electrons. The molecule has 0 saturated heterocycles. The number of anilines is 1. The Morgan fingerprint density at radius 2 is 1.65 bits per heavy atom. The largest absolute Gasteiger partial charge is 0.486 e. The van der Waals surface area contributed by atoms with E-state index in [0.29, 0.717) is 22.0 Å². The summed E-state index contributed by atoms with van der Waals surface area (Å²) in [6, 6.07) is 19.3. The van der Waals surface area contributed by atoms with Crippen molar-refractivity contribution in [1.82, 2.24) is 0 Å². The van der Waals surface area contributed by atoms with Crippen molar-refractivity contribution in [3.05, 3.63) is 96.9 Å². The maximum absolute atomic E-state index is 12.4. The normalized spacial score (nSPS) is 11.0. The lowest BCUT2D eigenvalue weighted by Gasteiger charge is -2.11. The van der Waals surface area contributed by atoms with E-state index < -0.39 is 5.91 Å². The monoisotopic (exact) mass is 534 g/mol. The number of carbonyl (C=O) groups is 1. The van der Waals surface area contributed by atoms with E-state index in [1.54, 1.807) is 36.4 Å². The summed E-state index contributed by atoms with van der Waals surface area (Å²) in [6.07, 6.45) is 1.40. The molecule has 3 aromatic rings. The van der Waals surface area contributed by atoms with Gasteiger partial charge in [-0.15, -0.1) is 0 Å². The molecule has 0 bridgehead atoms. The second kappa shape index (κ2) is 10.7. The van der Waals surface area contributed by atoms with Gasteiger partial charge < -0.3 is 10.1 Å². The lowest BCUT2D eigenvalue weighted by molar-refractivity contribution is -0.112. The van der Waals surface area contributed by atoms with Crippen molar-refractivity contribution in [1.29, 1.82) is 5.26 Å². The molecule has 3 aromatic carbocycles. The highest BCUT2D eigenvalue weighted by atomic mass is 79.9. The second-order valence-electron chi connectivity index (χ2n) is 6.36. The van der Waals surface area contributed by atoms with Gasteiger partial charge in [-0.25, -0.2) is 0 Å². The molecule has 0 saturated carbocycles. The van der Waals surface area contributed by atoms with Crippen molar-refractivity contribution >= 4 is 68.4 Å². The van der Waals surface area contributed by atoms with Crippen molar-refractivity contribution < 1.29 is 9.53 Å². The Kier molecular flexibility index (Phi) is 8.00. The molecule has 4 nitrogen and oxygen atoms in total. The number of benzene rings is 3. The van der Waals surface area contributed by atoms with Crippen molar-refractivity contribution in [2.75, 3.05) is 5.32 Å². The number of nitrogens with one attached hydrogen (secondary N) is 1. The average molecular weight is 537 g/mol. The minimum atomic E-state index is -0.562. The molecule has 31 heavy (non-hydrogen) atoms. The highest BCUT2D eigenvalue weighted by Crippen LogP contribution is 2.35. The van der Waals surface area contributed by atoms with Crippen molar-refractivity contribution in [3.8, 4) is 11.8 Å². The van der Waals surface area contributed by atoms with E-state index in [2.05, 4.69) is 21.2 Å². The summed E-state index contributed by atoms with van der Waals surface area (Å²) in [4.78, 5) is 12.4. The zero-order valence-electron chi connectivity index (χ0n) is 15.8. The molecule has 0 fully saturated rings. The number of nitrogens with zero attached hydrogens (tertiary/aromatic N) is 1. The molecule has 0 aliphatic heterocycles. The Hall–Kier alpha value is -2.49. The minimum absolute atomic E-state index is 0.106. The zero-order chi connectivity index (χ0) is 22.4. The Morgan fingerprint density at radius 1 is 1.03 bits per heavy atom. The molecule has 0 heterocycles. The van der Waals surface area contributed by atoms with E-state index >= 15 is 0 Å². The lowest BCUT2D eigenvalue weighted by atomic mass is 10.1. The van der Waals surface area contributed by atoms with Crippen LogP contribution in [0.2, 0.25) is 15.1 Å². The average Bonchev–Trinajstić information content (AvgIpc) is 2.74. The SMILES string of the molecule is N#C/C(=C/c1cc(Cl)c(OCc2ccc(Br)cc2)c(Cl)c1)C(=O)Nc1ccc(Cl)cc1. The first kappa shape index (κ1) is 23.2. The van der Waals surface area contributed by atoms with Crippen molar-refractivity contribution in [2.24, 2.45) is 0 Å². The van der Waals surface area contributed by atoms with Crippen LogP contribution in [0.4, 0.5) is 5.69 Å². The molecule has 1 amide bonds. The highest BCUT2D eigenvalue weighted by molar-refractivity contribution is 9.10. The van der Waals surface area contributed by atoms with Crippen LogP contribution >= 0.6 is 50.7 Å². The van der Waals surface area contributed by atoms with Crippen molar-refractivity contribution in [3.63, 3.8) is 0 Å². The molecule has 0 aromatic heterocycles. The maximum atomic E-state index is 12.4. The van der Waals surface area contributed by atoms with Gasteiger partial charge in [0.1, 0.15) is 18.2 Å². The molecule has 0 unspecified atom stereocenters. The van der Waals surface area contributed by atoms with Crippen LogP contribution in [-0.2, 0) is 11.4 Å². The van der Waals surface area contributed by atoms with Gasteiger partial charge in [-0.2, -0.15) is 5.26 Å². The quantitative estimate of drug-likeness (QED) is 0.262. The summed E-state index contributed by atoms with van der Waals surface area (Å²) < 4.78 is 6.73.